The second-order valence-corrected chi connectivity index (χ2v) is 4.54. The minimum atomic E-state index is 0.764. The fraction of sp³-hybridized carbons (Fsp3) is 0.455. The van der Waals surface area contributed by atoms with Crippen LogP contribution in [0.25, 0.3) is 0 Å². The highest BCUT2D eigenvalue weighted by atomic mass is 32.1. The van der Waals surface area contributed by atoms with Crippen LogP contribution in [0.1, 0.15) is 22.6 Å². The summed E-state index contributed by atoms with van der Waals surface area (Å²) in [6.45, 7) is 5.80. The molecule has 0 aromatic carbocycles. The summed E-state index contributed by atoms with van der Waals surface area (Å²) in [6.07, 6.45) is 0. The van der Waals surface area contributed by atoms with Crippen LogP contribution in [0, 0.1) is 13.8 Å². The number of rotatable bonds is 4. The zero-order chi connectivity index (χ0) is 11.5. The molecule has 0 bridgehead atoms. The fourth-order valence-corrected chi connectivity index (χ4v) is 2.34. The van der Waals surface area contributed by atoms with Gasteiger partial charge in [-0.25, -0.2) is 4.98 Å². The number of hydrogen-bond donors (Lipinski definition) is 1. The lowest BCUT2D eigenvalue weighted by Gasteiger charge is -2.03. The molecule has 5 heteroatoms. The van der Waals surface area contributed by atoms with Crippen molar-refractivity contribution in [2.75, 3.05) is 7.05 Å². The van der Waals surface area contributed by atoms with Crippen LogP contribution in [0.5, 0.6) is 0 Å². The Kier molecular flexibility index (Phi) is 3.36. The van der Waals surface area contributed by atoms with E-state index in [0.717, 1.165) is 24.5 Å². The maximum atomic E-state index is 4.54. The SMILES string of the molecule is CNCc1c(C)nn(Cc2cscn2)c1C. The van der Waals surface area contributed by atoms with Crippen molar-refractivity contribution in [1.29, 1.82) is 0 Å². The van der Waals surface area contributed by atoms with Gasteiger partial charge >= 0.3 is 0 Å². The van der Waals surface area contributed by atoms with E-state index in [1.807, 2.05) is 17.2 Å². The zero-order valence-corrected chi connectivity index (χ0v) is 10.6. The van der Waals surface area contributed by atoms with Crippen molar-refractivity contribution in [2.24, 2.45) is 0 Å². The summed E-state index contributed by atoms with van der Waals surface area (Å²) >= 11 is 1.62. The van der Waals surface area contributed by atoms with E-state index in [4.69, 9.17) is 0 Å². The van der Waals surface area contributed by atoms with Crippen molar-refractivity contribution in [3.05, 3.63) is 33.5 Å². The molecule has 4 nitrogen and oxygen atoms in total. The van der Waals surface area contributed by atoms with Crippen LogP contribution in [0.4, 0.5) is 0 Å². The highest BCUT2D eigenvalue weighted by Gasteiger charge is 2.11. The van der Waals surface area contributed by atoms with Crippen molar-refractivity contribution in [3.8, 4) is 0 Å². The first-order valence-corrected chi connectivity index (χ1v) is 6.21. The molecule has 2 rings (SSSR count). The van der Waals surface area contributed by atoms with Crippen LogP contribution in [0.2, 0.25) is 0 Å². The van der Waals surface area contributed by atoms with Gasteiger partial charge in [-0.15, -0.1) is 11.3 Å². The molecule has 0 fully saturated rings. The Balaban J connectivity index is 2.25. The van der Waals surface area contributed by atoms with Crippen LogP contribution < -0.4 is 5.32 Å². The van der Waals surface area contributed by atoms with Crippen LogP contribution in [0.3, 0.4) is 0 Å². The van der Waals surface area contributed by atoms with E-state index >= 15 is 0 Å². The summed E-state index contributed by atoms with van der Waals surface area (Å²) in [7, 11) is 1.96. The van der Waals surface area contributed by atoms with Gasteiger partial charge in [-0.1, -0.05) is 0 Å². The molecule has 16 heavy (non-hydrogen) atoms. The summed E-state index contributed by atoms with van der Waals surface area (Å²) in [5, 5.41) is 9.78. The number of aromatic nitrogens is 3. The van der Waals surface area contributed by atoms with Crippen molar-refractivity contribution in [1.82, 2.24) is 20.1 Å². The number of nitrogens with one attached hydrogen (secondary N) is 1. The third-order valence-corrected chi connectivity index (χ3v) is 3.32. The predicted molar refractivity (Wildman–Crippen MR) is 65.7 cm³/mol. The molecule has 2 aromatic heterocycles. The Morgan fingerprint density at radius 2 is 2.25 bits per heavy atom. The quantitative estimate of drug-likeness (QED) is 0.879. The van der Waals surface area contributed by atoms with Gasteiger partial charge in [0.25, 0.3) is 0 Å². The average molecular weight is 236 g/mol. The number of hydrogen-bond acceptors (Lipinski definition) is 4. The average Bonchev–Trinajstić information content (AvgIpc) is 2.84. The summed E-state index contributed by atoms with van der Waals surface area (Å²) < 4.78 is 2.02. The molecule has 0 aliphatic heterocycles. The monoisotopic (exact) mass is 236 g/mol. The van der Waals surface area contributed by atoms with E-state index in [9.17, 15) is 0 Å². The van der Waals surface area contributed by atoms with Gasteiger partial charge in [0.1, 0.15) is 0 Å². The smallest absolute Gasteiger partial charge is 0.0843 e. The maximum Gasteiger partial charge on any atom is 0.0843 e. The molecular weight excluding hydrogens is 220 g/mol. The summed E-state index contributed by atoms with van der Waals surface area (Å²) in [6, 6.07) is 0. The highest BCUT2D eigenvalue weighted by Crippen LogP contribution is 2.14. The molecule has 0 aliphatic carbocycles. The zero-order valence-electron chi connectivity index (χ0n) is 9.82. The van der Waals surface area contributed by atoms with E-state index in [2.05, 4.69) is 34.6 Å². The normalized spacial score (nSPS) is 10.9. The lowest BCUT2D eigenvalue weighted by molar-refractivity contribution is 0.647. The van der Waals surface area contributed by atoms with Gasteiger partial charge in [0, 0.05) is 23.2 Å². The van der Waals surface area contributed by atoms with Crippen LogP contribution >= 0.6 is 11.3 Å². The molecule has 0 aliphatic rings. The molecule has 0 saturated carbocycles. The third kappa shape index (κ3) is 2.15. The summed E-state index contributed by atoms with van der Waals surface area (Å²) in [5.41, 5.74) is 6.54. The van der Waals surface area contributed by atoms with E-state index < -0.39 is 0 Å². The van der Waals surface area contributed by atoms with Gasteiger partial charge in [-0.2, -0.15) is 5.10 Å². The molecular formula is C11H16N4S. The van der Waals surface area contributed by atoms with Gasteiger partial charge in [0.2, 0.25) is 0 Å². The topological polar surface area (TPSA) is 42.7 Å². The largest absolute Gasteiger partial charge is 0.316 e. The third-order valence-electron chi connectivity index (χ3n) is 2.68. The molecule has 2 aromatic rings. The lowest BCUT2D eigenvalue weighted by Crippen LogP contribution is -2.08. The standard InChI is InChI=1S/C11H16N4S/c1-8-11(4-12-3)9(2)15(14-8)5-10-6-16-7-13-10/h6-7,12H,4-5H2,1-3H3. The summed E-state index contributed by atoms with van der Waals surface area (Å²) in [5.74, 6) is 0. The second kappa shape index (κ2) is 4.76. The minimum Gasteiger partial charge on any atom is -0.316 e. The molecule has 0 spiro atoms. The van der Waals surface area contributed by atoms with Crippen LogP contribution in [-0.2, 0) is 13.1 Å². The van der Waals surface area contributed by atoms with Gasteiger partial charge in [-0.05, 0) is 20.9 Å². The first kappa shape index (κ1) is 11.3. The minimum absolute atomic E-state index is 0.764. The Bertz CT molecular complexity index is 459. The summed E-state index contributed by atoms with van der Waals surface area (Å²) in [4.78, 5) is 4.28. The van der Waals surface area contributed by atoms with Crippen LogP contribution in [-0.4, -0.2) is 21.8 Å². The molecule has 1 N–H and O–H groups in total. The van der Waals surface area contributed by atoms with E-state index in [-0.39, 0.29) is 0 Å². The van der Waals surface area contributed by atoms with Gasteiger partial charge in [0.15, 0.2) is 0 Å². The second-order valence-electron chi connectivity index (χ2n) is 3.82. The first-order valence-electron chi connectivity index (χ1n) is 5.27. The molecule has 0 radical (unpaired) electrons. The first-order chi connectivity index (χ1) is 7.72. The lowest BCUT2D eigenvalue weighted by atomic mass is 10.2. The number of aryl methyl sites for hydroxylation is 1. The molecule has 0 amide bonds. The fourth-order valence-electron chi connectivity index (χ4n) is 1.79. The Morgan fingerprint density at radius 3 is 2.88 bits per heavy atom. The van der Waals surface area contributed by atoms with E-state index in [1.54, 1.807) is 11.3 Å². The van der Waals surface area contributed by atoms with Crippen molar-refractivity contribution in [2.45, 2.75) is 26.9 Å². The van der Waals surface area contributed by atoms with Gasteiger partial charge in [-0.3, -0.25) is 4.68 Å². The Labute approximate surface area is 99.3 Å². The van der Waals surface area contributed by atoms with Gasteiger partial charge < -0.3 is 5.32 Å². The van der Waals surface area contributed by atoms with Crippen molar-refractivity contribution in [3.63, 3.8) is 0 Å². The molecule has 0 unspecified atom stereocenters. The Hall–Kier alpha value is -1.20. The molecule has 86 valence electrons. The van der Waals surface area contributed by atoms with E-state index in [0.29, 0.717) is 0 Å². The number of thiazole rings is 1. The van der Waals surface area contributed by atoms with E-state index in [1.165, 1.54) is 11.3 Å². The molecule has 0 saturated heterocycles. The Morgan fingerprint density at radius 1 is 1.44 bits per heavy atom. The van der Waals surface area contributed by atoms with Crippen molar-refractivity contribution < 1.29 is 0 Å². The predicted octanol–water partition coefficient (Wildman–Crippen LogP) is 1.72. The molecule has 2 heterocycles. The van der Waals surface area contributed by atoms with Crippen molar-refractivity contribution >= 4 is 11.3 Å². The highest BCUT2D eigenvalue weighted by molar-refractivity contribution is 7.07. The van der Waals surface area contributed by atoms with Gasteiger partial charge in [0.05, 0.1) is 23.4 Å². The number of nitrogens with zero attached hydrogens (tertiary/aromatic N) is 3. The maximum absolute atomic E-state index is 4.54. The van der Waals surface area contributed by atoms with Crippen LogP contribution in [0.15, 0.2) is 10.9 Å². The molecule has 0 atom stereocenters.